The first-order chi connectivity index (χ1) is 7.81. The minimum atomic E-state index is -3.56. The van der Waals surface area contributed by atoms with Crippen molar-refractivity contribution in [1.29, 1.82) is 0 Å². The molecule has 17 heavy (non-hydrogen) atoms. The number of nitro benzene ring substituents is 1. The molecule has 0 aliphatic heterocycles. The molecule has 0 amide bonds. The van der Waals surface area contributed by atoms with E-state index in [1.165, 1.54) is 12.1 Å². The molecule has 0 saturated heterocycles. The Morgan fingerprint density at radius 1 is 1.47 bits per heavy atom. The maximum absolute atomic E-state index is 10.8. The Kier molecular flexibility index (Phi) is 4.75. The van der Waals surface area contributed by atoms with Gasteiger partial charge >= 0.3 is 5.69 Å². The topological polar surface area (TPSA) is 103 Å². The number of nitrogens with zero attached hydrogens (tertiary/aromatic N) is 1. The van der Waals surface area contributed by atoms with Crippen LogP contribution < -0.4 is 5.14 Å². The van der Waals surface area contributed by atoms with Gasteiger partial charge in [0.25, 0.3) is 0 Å². The standard InChI is InChI=1S/C8H9ClN2O4S2/c9-6-2-1-3-7(8(6)11(12)13)16-4-5-17(10,14)15/h1-3H,4-5H2,(H2,10,14,15). The zero-order chi connectivity index (χ0) is 13.1. The molecule has 0 aromatic heterocycles. The number of sulfonamides is 1. The number of rotatable bonds is 5. The fourth-order valence-electron chi connectivity index (χ4n) is 1.06. The predicted octanol–water partition coefficient (Wildman–Crippen LogP) is 1.63. The normalized spacial score (nSPS) is 11.4. The molecule has 0 unspecified atom stereocenters. The van der Waals surface area contributed by atoms with E-state index in [0.717, 1.165) is 11.8 Å². The molecule has 0 saturated carbocycles. The van der Waals surface area contributed by atoms with E-state index in [9.17, 15) is 18.5 Å². The summed E-state index contributed by atoms with van der Waals surface area (Å²) in [4.78, 5) is 10.5. The third kappa shape index (κ3) is 4.50. The molecule has 2 N–H and O–H groups in total. The third-order valence-electron chi connectivity index (χ3n) is 1.76. The molecule has 0 radical (unpaired) electrons. The average molecular weight is 297 g/mol. The van der Waals surface area contributed by atoms with E-state index in [4.69, 9.17) is 16.7 Å². The van der Waals surface area contributed by atoms with E-state index in [-0.39, 0.29) is 22.2 Å². The Morgan fingerprint density at radius 2 is 2.12 bits per heavy atom. The average Bonchev–Trinajstić information content (AvgIpc) is 2.14. The van der Waals surface area contributed by atoms with E-state index >= 15 is 0 Å². The molecule has 1 rings (SSSR count). The Labute approximate surface area is 107 Å². The minimum Gasteiger partial charge on any atom is -0.258 e. The zero-order valence-electron chi connectivity index (χ0n) is 8.50. The molecule has 0 spiro atoms. The quantitative estimate of drug-likeness (QED) is 0.505. The van der Waals surface area contributed by atoms with Crippen molar-refractivity contribution in [3.63, 3.8) is 0 Å². The van der Waals surface area contributed by atoms with Crippen molar-refractivity contribution in [2.24, 2.45) is 5.14 Å². The van der Waals surface area contributed by atoms with Gasteiger partial charge in [-0.05, 0) is 12.1 Å². The van der Waals surface area contributed by atoms with Crippen LogP contribution in [-0.4, -0.2) is 24.8 Å². The number of benzene rings is 1. The van der Waals surface area contributed by atoms with Crippen LogP contribution in [0.5, 0.6) is 0 Å². The second-order valence-electron chi connectivity index (χ2n) is 3.06. The van der Waals surface area contributed by atoms with Crippen LogP contribution in [0.4, 0.5) is 5.69 Å². The summed E-state index contributed by atoms with van der Waals surface area (Å²) in [7, 11) is -3.56. The fraction of sp³-hybridized carbons (Fsp3) is 0.250. The number of hydrogen-bond acceptors (Lipinski definition) is 5. The van der Waals surface area contributed by atoms with Gasteiger partial charge in [0.2, 0.25) is 10.0 Å². The van der Waals surface area contributed by atoms with Gasteiger partial charge in [0.15, 0.2) is 0 Å². The van der Waals surface area contributed by atoms with Crippen molar-refractivity contribution in [2.45, 2.75) is 4.90 Å². The molecular formula is C8H9ClN2O4S2. The Balaban J connectivity index is 2.85. The van der Waals surface area contributed by atoms with Gasteiger partial charge in [0.05, 0.1) is 15.6 Å². The molecule has 6 nitrogen and oxygen atoms in total. The van der Waals surface area contributed by atoms with Crippen molar-refractivity contribution in [3.05, 3.63) is 33.3 Å². The van der Waals surface area contributed by atoms with Gasteiger partial charge in [-0.2, -0.15) is 0 Å². The summed E-state index contributed by atoms with van der Waals surface area (Å²) >= 11 is 6.73. The lowest BCUT2D eigenvalue weighted by atomic mass is 10.3. The van der Waals surface area contributed by atoms with Crippen LogP contribution in [0.15, 0.2) is 23.1 Å². The number of nitrogens with two attached hydrogens (primary N) is 1. The molecule has 0 fully saturated rings. The summed E-state index contributed by atoms with van der Waals surface area (Å²) in [6.07, 6.45) is 0. The highest BCUT2D eigenvalue weighted by Crippen LogP contribution is 2.34. The Hall–Kier alpha value is -0.830. The molecule has 0 aliphatic carbocycles. The second-order valence-corrected chi connectivity index (χ2v) is 6.34. The number of hydrogen-bond donors (Lipinski definition) is 1. The fourth-order valence-corrected chi connectivity index (χ4v) is 3.34. The summed E-state index contributed by atoms with van der Waals surface area (Å²) in [5.41, 5.74) is -0.214. The largest absolute Gasteiger partial charge is 0.301 e. The summed E-state index contributed by atoms with van der Waals surface area (Å²) < 4.78 is 21.4. The van der Waals surface area contributed by atoms with Gasteiger partial charge in [0, 0.05) is 5.75 Å². The number of halogens is 1. The van der Waals surface area contributed by atoms with Crippen LogP contribution >= 0.6 is 23.4 Å². The van der Waals surface area contributed by atoms with Gasteiger partial charge in [-0.25, -0.2) is 13.6 Å². The van der Waals surface area contributed by atoms with Crippen LogP contribution in [0, 0.1) is 10.1 Å². The number of primary sulfonamides is 1. The highest BCUT2D eigenvalue weighted by molar-refractivity contribution is 8.00. The van der Waals surface area contributed by atoms with E-state index in [1.54, 1.807) is 6.07 Å². The first-order valence-electron chi connectivity index (χ1n) is 4.37. The molecule has 9 heteroatoms. The van der Waals surface area contributed by atoms with E-state index in [1.807, 2.05) is 0 Å². The van der Waals surface area contributed by atoms with E-state index in [2.05, 4.69) is 0 Å². The first-order valence-corrected chi connectivity index (χ1v) is 7.45. The van der Waals surface area contributed by atoms with Gasteiger partial charge in [-0.3, -0.25) is 10.1 Å². The lowest BCUT2D eigenvalue weighted by molar-refractivity contribution is -0.387. The zero-order valence-corrected chi connectivity index (χ0v) is 10.9. The lowest BCUT2D eigenvalue weighted by Crippen LogP contribution is -2.17. The Morgan fingerprint density at radius 3 is 2.65 bits per heavy atom. The molecule has 94 valence electrons. The smallest absolute Gasteiger partial charge is 0.258 e. The van der Waals surface area contributed by atoms with Crippen molar-refractivity contribution in [3.8, 4) is 0 Å². The van der Waals surface area contributed by atoms with Crippen LogP contribution in [0.25, 0.3) is 0 Å². The van der Waals surface area contributed by atoms with Gasteiger partial charge in [0.1, 0.15) is 5.02 Å². The maximum atomic E-state index is 10.8. The minimum absolute atomic E-state index is 0.0237. The summed E-state index contributed by atoms with van der Waals surface area (Å²) in [5.74, 6) is -0.110. The molecule has 0 bridgehead atoms. The highest BCUT2D eigenvalue weighted by atomic mass is 35.5. The van der Waals surface area contributed by atoms with E-state index in [0.29, 0.717) is 4.90 Å². The summed E-state index contributed by atoms with van der Waals surface area (Å²) in [6.45, 7) is 0. The number of nitro groups is 1. The molecular weight excluding hydrogens is 288 g/mol. The van der Waals surface area contributed by atoms with Crippen LogP contribution in [0.1, 0.15) is 0 Å². The summed E-state index contributed by atoms with van der Waals surface area (Å²) in [5, 5.41) is 15.6. The van der Waals surface area contributed by atoms with Gasteiger partial charge in [-0.1, -0.05) is 17.7 Å². The predicted molar refractivity (Wildman–Crippen MR) is 66.8 cm³/mol. The van der Waals surface area contributed by atoms with Crippen LogP contribution in [0.3, 0.4) is 0 Å². The van der Waals surface area contributed by atoms with E-state index < -0.39 is 14.9 Å². The van der Waals surface area contributed by atoms with Crippen LogP contribution in [0.2, 0.25) is 5.02 Å². The molecule has 0 aliphatic rings. The molecule has 1 aromatic carbocycles. The van der Waals surface area contributed by atoms with Crippen LogP contribution in [-0.2, 0) is 10.0 Å². The number of thioether (sulfide) groups is 1. The molecule has 0 atom stereocenters. The number of para-hydroxylation sites is 1. The second kappa shape index (κ2) is 5.67. The van der Waals surface area contributed by atoms with Gasteiger partial charge < -0.3 is 0 Å². The highest BCUT2D eigenvalue weighted by Gasteiger charge is 2.18. The van der Waals surface area contributed by atoms with Crippen molar-refractivity contribution in [1.82, 2.24) is 0 Å². The van der Waals surface area contributed by atoms with Crippen molar-refractivity contribution < 1.29 is 13.3 Å². The lowest BCUT2D eigenvalue weighted by Gasteiger charge is -2.03. The van der Waals surface area contributed by atoms with Gasteiger partial charge in [-0.15, -0.1) is 11.8 Å². The molecule has 0 heterocycles. The Bertz CT molecular complexity index is 532. The monoisotopic (exact) mass is 296 g/mol. The van der Waals surface area contributed by atoms with Crippen molar-refractivity contribution in [2.75, 3.05) is 11.5 Å². The summed E-state index contributed by atoms with van der Waals surface area (Å²) in [6, 6.07) is 4.48. The third-order valence-corrected chi connectivity index (χ3v) is 4.14. The van der Waals surface area contributed by atoms with Crippen molar-refractivity contribution >= 4 is 39.1 Å². The molecule has 1 aromatic rings. The SMILES string of the molecule is NS(=O)(=O)CCSc1cccc(Cl)c1[N+](=O)[O-]. The first kappa shape index (κ1) is 14.2. The maximum Gasteiger partial charge on any atom is 0.301 e.